The van der Waals surface area contributed by atoms with E-state index in [4.69, 9.17) is 4.74 Å². The Kier molecular flexibility index (Phi) is 6.48. The van der Waals surface area contributed by atoms with E-state index >= 15 is 0 Å². The lowest BCUT2D eigenvalue weighted by Crippen LogP contribution is -2.53. The van der Waals surface area contributed by atoms with Crippen molar-refractivity contribution in [2.45, 2.75) is 30.8 Å². The normalized spacial score (nSPS) is 18.8. The van der Waals surface area contributed by atoms with E-state index in [1.807, 2.05) is 18.2 Å². The number of rotatable bonds is 6. The number of ether oxygens (including phenoxy) is 1. The van der Waals surface area contributed by atoms with E-state index in [0.717, 1.165) is 54.1 Å². The fourth-order valence-corrected chi connectivity index (χ4v) is 6.40. The first-order valence-corrected chi connectivity index (χ1v) is 13.1. The van der Waals surface area contributed by atoms with Crippen molar-refractivity contribution in [3.8, 4) is 5.75 Å². The zero-order chi connectivity index (χ0) is 27.1. The number of pyridine rings is 1. The third kappa shape index (κ3) is 4.41. The molecule has 39 heavy (non-hydrogen) atoms. The SMILES string of the molecule is COc1ccc2c3c([nH]c2c1)C(CO)N(Cc1ccccc1F)CC31CCN(c2ccc(C(=O)O)cn2)CC1. The summed E-state index contributed by atoms with van der Waals surface area (Å²) in [4.78, 5) is 23.6. The summed E-state index contributed by atoms with van der Waals surface area (Å²) in [6, 6.07) is 15.9. The van der Waals surface area contributed by atoms with Gasteiger partial charge in [-0.25, -0.2) is 14.2 Å². The number of hydrogen-bond donors (Lipinski definition) is 3. The zero-order valence-corrected chi connectivity index (χ0v) is 21.7. The number of carboxylic acids is 1. The number of fused-ring (bicyclic) bond motifs is 4. The van der Waals surface area contributed by atoms with Gasteiger partial charge in [-0.3, -0.25) is 4.90 Å². The zero-order valence-electron chi connectivity index (χ0n) is 21.7. The van der Waals surface area contributed by atoms with Crippen LogP contribution >= 0.6 is 0 Å². The monoisotopic (exact) mass is 530 g/mol. The minimum Gasteiger partial charge on any atom is -0.497 e. The highest BCUT2D eigenvalue weighted by Crippen LogP contribution is 2.49. The first-order valence-electron chi connectivity index (χ1n) is 13.1. The molecule has 4 aromatic rings. The van der Waals surface area contributed by atoms with E-state index < -0.39 is 5.97 Å². The minimum atomic E-state index is -0.995. The first-order chi connectivity index (χ1) is 18.9. The lowest BCUT2D eigenvalue weighted by atomic mass is 9.68. The van der Waals surface area contributed by atoms with Crippen LogP contribution in [-0.4, -0.2) is 64.4 Å². The largest absolute Gasteiger partial charge is 0.497 e. The number of aliphatic hydroxyl groups excluding tert-OH is 1. The van der Waals surface area contributed by atoms with Crippen LogP contribution in [0.2, 0.25) is 0 Å². The molecule has 0 bridgehead atoms. The summed E-state index contributed by atoms with van der Waals surface area (Å²) in [7, 11) is 1.64. The van der Waals surface area contributed by atoms with Crippen molar-refractivity contribution >= 4 is 22.7 Å². The van der Waals surface area contributed by atoms with Gasteiger partial charge in [-0.1, -0.05) is 18.2 Å². The van der Waals surface area contributed by atoms with E-state index in [9.17, 15) is 19.4 Å². The van der Waals surface area contributed by atoms with Gasteiger partial charge < -0.3 is 24.8 Å². The molecule has 2 aliphatic rings. The van der Waals surface area contributed by atoms with E-state index in [2.05, 4.69) is 25.8 Å². The number of carboxylic acid groups (broad SMARTS) is 1. The summed E-state index contributed by atoms with van der Waals surface area (Å²) in [6.45, 7) is 2.45. The second kappa shape index (κ2) is 9.98. The van der Waals surface area contributed by atoms with Crippen molar-refractivity contribution in [2.75, 3.05) is 38.3 Å². The summed E-state index contributed by atoms with van der Waals surface area (Å²) in [6.07, 6.45) is 3.05. The molecule has 2 aromatic carbocycles. The Morgan fingerprint density at radius 3 is 2.64 bits per heavy atom. The van der Waals surface area contributed by atoms with Crippen LogP contribution in [0.25, 0.3) is 10.9 Å². The van der Waals surface area contributed by atoms with Gasteiger partial charge in [0.1, 0.15) is 17.4 Å². The van der Waals surface area contributed by atoms with Crippen LogP contribution in [0.15, 0.2) is 60.8 Å². The molecule has 2 aromatic heterocycles. The average molecular weight is 531 g/mol. The minimum absolute atomic E-state index is 0.0898. The molecule has 0 saturated carbocycles. The van der Waals surface area contributed by atoms with E-state index in [1.165, 1.54) is 17.8 Å². The Balaban J connectivity index is 1.39. The number of piperidine rings is 1. The maximum absolute atomic E-state index is 14.7. The molecule has 4 heterocycles. The predicted octanol–water partition coefficient (Wildman–Crippen LogP) is 4.50. The molecular formula is C30H31FN4O4. The third-order valence-corrected chi connectivity index (χ3v) is 8.39. The summed E-state index contributed by atoms with van der Waals surface area (Å²) < 4.78 is 20.2. The molecule has 8 nitrogen and oxygen atoms in total. The number of carbonyl (C=O) groups is 1. The van der Waals surface area contributed by atoms with Gasteiger partial charge in [0.05, 0.1) is 25.3 Å². The lowest BCUT2D eigenvalue weighted by molar-refractivity contribution is 0.0616. The fraction of sp³-hybridized carbons (Fsp3) is 0.333. The molecule has 6 rings (SSSR count). The summed E-state index contributed by atoms with van der Waals surface area (Å²) in [5, 5.41) is 20.9. The number of H-pyrrole nitrogens is 1. The van der Waals surface area contributed by atoms with Gasteiger partial charge in [0.2, 0.25) is 0 Å². The van der Waals surface area contributed by atoms with Crippen molar-refractivity contribution in [2.24, 2.45) is 0 Å². The molecule has 0 aliphatic carbocycles. The molecule has 0 amide bonds. The molecule has 202 valence electrons. The Bertz CT molecular complexity index is 1510. The Morgan fingerprint density at radius 2 is 1.97 bits per heavy atom. The van der Waals surface area contributed by atoms with Crippen LogP contribution in [0.4, 0.5) is 10.2 Å². The van der Waals surface area contributed by atoms with Crippen LogP contribution in [0.3, 0.4) is 0 Å². The van der Waals surface area contributed by atoms with Gasteiger partial charge in [0.15, 0.2) is 0 Å². The van der Waals surface area contributed by atoms with Crippen molar-refractivity contribution in [1.29, 1.82) is 0 Å². The Hall–Kier alpha value is -3.95. The highest BCUT2D eigenvalue weighted by Gasteiger charge is 2.47. The van der Waals surface area contributed by atoms with Crippen molar-refractivity contribution in [3.05, 3.63) is 89.0 Å². The fourth-order valence-electron chi connectivity index (χ4n) is 6.40. The van der Waals surface area contributed by atoms with Gasteiger partial charge in [0.25, 0.3) is 0 Å². The Morgan fingerprint density at radius 1 is 1.18 bits per heavy atom. The number of hydrogen-bond acceptors (Lipinski definition) is 6. The maximum Gasteiger partial charge on any atom is 0.337 e. The summed E-state index contributed by atoms with van der Waals surface area (Å²) in [5.41, 5.74) is 3.69. The van der Waals surface area contributed by atoms with Gasteiger partial charge in [-0.05, 0) is 48.7 Å². The number of methoxy groups -OCH3 is 1. The molecule has 1 unspecified atom stereocenters. The molecule has 3 N–H and O–H groups in total. The second-order valence-corrected chi connectivity index (χ2v) is 10.5. The highest BCUT2D eigenvalue weighted by molar-refractivity contribution is 5.88. The summed E-state index contributed by atoms with van der Waals surface area (Å²) >= 11 is 0. The van der Waals surface area contributed by atoms with Crippen LogP contribution in [-0.2, 0) is 12.0 Å². The number of benzene rings is 2. The molecule has 0 radical (unpaired) electrons. The first kappa shape index (κ1) is 25.3. The number of aliphatic hydroxyl groups is 1. The van der Waals surface area contributed by atoms with Gasteiger partial charge in [-0.2, -0.15) is 0 Å². The molecule has 1 saturated heterocycles. The van der Waals surface area contributed by atoms with Crippen molar-refractivity contribution in [3.63, 3.8) is 0 Å². The third-order valence-electron chi connectivity index (χ3n) is 8.39. The number of nitrogens with zero attached hydrogens (tertiary/aromatic N) is 3. The number of anilines is 1. The van der Waals surface area contributed by atoms with Gasteiger partial charge >= 0.3 is 5.97 Å². The predicted molar refractivity (Wildman–Crippen MR) is 146 cm³/mol. The standard InChI is InChI=1S/C30H31FN4O4/c1-39-21-7-8-22-24(14-21)33-28-25(17-36)35(16-20-4-2-3-5-23(20)31)18-30(27(22)28)10-12-34(13-11-30)26-9-6-19(15-32-26)29(37)38/h2-9,14-15,25,33,36H,10-13,16-18H2,1H3,(H,37,38). The number of halogens is 1. The summed E-state index contributed by atoms with van der Waals surface area (Å²) in [5.74, 6) is 0.266. The van der Waals surface area contributed by atoms with Crippen molar-refractivity contribution in [1.82, 2.24) is 14.9 Å². The molecule has 1 fully saturated rings. The van der Waals surface area contributed by atoms with Crippen LogP contribution in [0.5, 0.6) is 5.75 Å². The Labute approximate surface area is 225 Å². The van der Waals surface area contributed by atoms with Gasteiger partial charge in [0, 0.05) is 66.0 Å². The molecule has 2 aliphatic heterocycles. The topological polar surface area (TPSA) is 102 Å². The van der Waals surface area contributed by atoms with Gasteiger partial charge in [-0.15, -0.1) is 0 Å². The number of aromatic nitrogens is 2. The number of nitrogens with one attached hydrogen (secondary N) is 1. The van der Waals surface area contributed by atoms with E-state index in [-0.39, 0.29) is 29.4 Å². The van der Waals surface area contributed by atoms with Crippen LogP contribution < -0.4 is 9.64 Å². The van der Waals surface area contributed by atoms with E-state index in [0.29, 0.717) is 18.7 Å². The highest BCUT2D eigenvalue weighted by atomic mass is 19.1. The average Bonchev–Trinajstić information content (AvgIpc) is 3.34. The smallest absolute Gasteiger partial charge is 0.337 e. The second-order valence-electron chi connectivity index (χ2n) is 10.5. The maximum atomic E-state index is 14.7. The number of aromatic amines is 1. The molecular weight excluding hydrogens is 499 g/mol. The quantitative estimate of drug-likeness (QED) is 0.338. The van der Waals surface area contributed by atoms with E-state index in [1.54, 1.807) is 31.4 Å². The van der Waals surface area contributed by atoms with Crippen LogP contribution in [0, 0.1) is 5.82 Å². The van der Waals surface area contributed by atoms with Crippen LogP contribution in [0.1, 0.15) is 46.1 Å². The molecule has 1 atom stereocenters. The number of aromatic carboxylic acids is 1. The molecule has 1 spiro atoms. The lowest BCUT2D eigenvalue weighted by Gasteiger charge is -2.50. The van der Waals surface area contributed by atoms with Crippen molar-refractivity contribution < 1.29 is 24.1 Å². The molecule has 9 heteroatoms.